The lowest BCUT2D eigenvalue weighted by molar-refractivity contribution is 0.0730. The number of amides is 1. The highest BCUT2D eigenvalue weighted by Gasteiger charge is 2.27. The molecule has 1 saturated heterocycles. The van der Waals surface area contributed by atoms with Crippen molar-refractivity contribution in [3.63, 3.8) is 0 Å². The quantitative estimate of drug-likeness (QED) is 0.549. The van der Waals surface area contributed by atoms with Gasteiger partial charge in [-0.15, -0.1) is 0 Å². The van der Waals surface area contributed by atoms with Crippen molar-refractivity contribution in [1.82, 2.24) is 9.62 Å². The Morgan fingerprint density at radius 3 is 2.43 bits per heavy atom. The van der Waals surface area contributed by atoms with E-state index < -0.39 is 10.0 Å². The Morgan fingerprint density at radius 1 is 0.886 bits per heavy atom. The van der Waals surface area contributed by atoms with Crippen LogP contribution in [0, 0.1) is 0 Å². The summed E-state index contributed by atoms with van der Waals surface area (Å²) in [7, 11) is -3.65. The highest BCUT2D eigenvalue weighted by molar-refractivity contribution is 7.89. The van der Waals surface area contributed by atoms with Crippen molar-refractivity contribution >= 4 is 21.6 Å². The smallest absolute Gasteiger partial charge is 0.251 e. The van der Waals surface area contributed by atoms with Gasteiger partial charge in [-0.25, -0.2) is 8.42 Å². The second-order valence-corrected chi connectivity index (χ2v) is 10.8. The number of benzene rings is 3. The van der Waals surface area contributed by atoms with Gasteiger partial charge in [-0.1, -0.05) is 48.5 Å². The van der Waals surface area contributed by atoms with E-state index in [9.17, 15) is 13.2 Å². The maximum atomic E-state index is 12.9. The van der Waals surface area contributed by atoms with Crippen molar-refractivity contribution in [2.45, 2.75) is 24.4 Å². The van der Waals surface area contributed by atoms with Crippen molar-refractivity contribution in [2.24, 2.45) is 0 Å². The number of sulfonamides is 1. The van der Waals surface area contributed by atoms with Crippen LogP contribution in [0.3, 0.4) is 0 Å². The molecule has 0 aliphatic carbocycles. The molecule has 3 aromatic rings. The summed E-state index contributed by atoms with van der Waals surface area (Å²) < 4.78 is 32.4. The fraction of sp³-hybridized carbons (Fsp3) is 0.296. The van der Waals surface area contributed by atoms with Gasteiger partial charge in [0.15, 0.2) is 0 Å². The largest absolute Gasteiger partial charge is 0.379 e. The number of hydrogen-bond donors (Lipinski definition) is 1. The van der Waals surface area contributed by atoms with Crippen LogP contribution >= 0.6 is 0 Å². The predicted molar refractivity (Wildman–Crippen MR) is 135 cm³/mol. The lowest BCUT2D eigenvalue weighted by atomic mass is 10.1. The summed E-state index contributed by atoms with van der Waals surface area (Å²) in [4.78, 5) is 15.3. The zero-order valence-corrected chi connectivity index (χ0v) is 20.3. The van der Waals surface area contributed by atoms with E-state index in [0.29, 0.717) is 38.4 Å². The average molecular weight is 492 g/mol. The molecular weight excluding hydrogens is 462 g/mol. The van der Waals surface area contributed by atoms with Crippen LogP contribution in [-0.2, 0) is 34.3 Å². The third kappa shape index (κ3) is 5.24. The Balaban J connectivity index is 1.19. The van der Waals surface area contributed by atoms with Crippen LogP contribution in [-0.4, -0.2) is 51.5 Å². The summed E-state index contributed by atoms with van der Waals surface area (Å²) in [6.45, 7) is 3.64. The number of para-hydroxylation sites is 1. The van der Waals surface area contributed by atoms with Crippen LogP contribution < -0.4 is 10.2 Å². The molecule has 2 heterocycles. The molecule has 1 amide bonds. The first-order chi connectivity index (χ1) is 17.0. The summed E-state index contributed by atoms with van der Waals surface area (Å²) in [6, 6.07) is 23.0. The van der Waals surface area contributed by atoms with Gasteiger partial charge >= 0.3 is 0 Å². The zero-order chi connectivity index (χ0) is 24.3. The molecule has 5 rings (SSSR count). The third-order valence-electron chi connectivity index (χ3n) is 6.54. The van der Waals surface area contributed by atoms with Crippen molar-refractivity contribution < 1.29 is 17.9 Å². The number of fused-ring (bicyclic) bond motifs is 1. The van der Waals surface area contributed by atoms with Gasteiger partial charge in [0.25, 0.3) is 5.91 Å². The number of carbonyl (C=O) groups is 1. The summed E-state index contributed by atoms with van der Waals surface area (Å²) in [5, 5.41) is 2.90. The second-order valence-electron chi connectivity index (χ2n) is 8.84. The molecule has 0 aromatic heterocycles. The van der Waals surface area contributed by atoms with Gasteiger partial charge in [0.2, 0.25) is 10.0 Å². The van der Waals surface area contributed by atoms with Crippen LogP contribution in [0.25, 0.3) is 0 Å². The molecule has 0 spiro atoms. The van der Waals surface area contributed by atoms with E-state index in [1.165, 1.54) is 33.3 Å². The lowest BCUT2D eigenvalue weighted by Gasteiger charge is -2.26. The molecule has 8 heteroatoms. The summed E-state index contributed by atoms with van der Waals surface area (Å²) in [5.74, 6) is -0.304. The summed E-state index contributed by atoms with van der Waals surface area (Å²) >= 11 is 0. The number of hydrogen-bond acceptors (Lipinski definition) is 5. The molecule has 3 aromatic carbocycles. The minimum Gasteiger partial charge on any atom is -0.379 e. The van der Waals surface area contributed by atoms with E-state index in [1.807, 2.05) is 12.1 Å². The predicted octanol–water partition coefficient (Wildman–Crippen LogP) is 3.20. The molecule has 0 atom stereocenters. The monoisotopic (exact) mass is 491 g/mol. The first-order valence-corrected chi connectivity index (χ1v) is 13.3. The van der Waals surface area contributed by atoms with Gasteiger partial charge in [0.1, 0.15) is 0 Å². The Hall–Kier alpha value is -3.20. The van der Waals surface area contributed by atoms with E-state index in [1.54, 1.807) is 12.1 Å². The highest BCUT2D eigenvalue weighted by atomic mass is 32.2. The van der Waals surface area contributed by atoms with Crippen LogP contribution in [0.5, 0.6) is 0 Å². The fourth-order valence-electron chi connectivity index (χ4n) is 4.57. The van der Waals surface area contributed by atoms with Crippen LogP contribution in [0.15, 0.2) is 77.7 Å². The number of nitrogens with zero attached hydrogens (tertiary/aromatic N) is 2. The molecule has 2 aliphatic rings. The summed E-state index contributed by atoms with van der Waals surface area (Å²) in [6.07, 6.45) is 1.08. The Morgan fingerprint density at radius 2 is 1.63 bits per heavy atom. The van der Waals surface area contributed by atoms with Gasteiger partial charge in [0.05, 0.1) is 18.1 Å². The number of rotatable bonds is 7. The molecule has 182 valence electrons. The van der Waals surface area contributed by atoms with Gasteiger partial charge in [0, 0.05) is 44.0 Å². The highest BCUT2D eigenvalue weighted by Crippen LogP contribution is 2.28. The van der Waals surface area contributed by atoms with E-state index in [2.05, 4.69) is 46.6 Å². The van der Waals surface area contributed by atoms with Gasteiger partial charge in [-0.2, -0.15) is 4.31 Å². The molecule has 0 saturated carbocycles. The SMILES string of the molecule is O=C(NCc1ccc(CN2CCc3ccccc32)cc1)c1cccc(S(=O)(=O)N2CCOCC2)c1. The minimum atomic E-state index is -3.65. The molecule has 0 bridgehead atoms. The molecule has 0 unspecified atom stereocenters. The third-order valence-corrected chi connectivity index (χ3v) is 8.43. The fourth-order valence-corrected chi connectivity index (χ4v) is 6.03. The number of carbonyl (C=O) groups excluding carboxylic acids is 1. The number of anilines is 1. The zero-order valence-electron chi connectivity index (χ0n) is 19.5. The van der Waals surface area contributed by atoms with Crippen molar-refractivity contribution in [1.29, 1.82) is 0 Å². The van der Waals surface area contributed by atoms with Crippen LogP contribution in [0.1, 0.15) is 27.0 Å². The maximum Gasteiger partial charge on any atom is 0.251 e. The molecule has 1 fully saturated rings. The Bertz CT molecular complexity index is 1300. The van der Waals surface area contributed by atoms with Gasteiger partial charge in [-0.05, 0) is 47.4 Å². The number of nitrogens with one attached hydrogen (secondary N) is 1. The first-order valence-electron chi connectivity index (χ1n) is 11.9. The normalized spacial score (nSPS) is 16.2. The van der Waals surface area contributed by atoms with Gasteiger partial charge < -0.3 is 15.0 Å². The Labute approximate surface area is 206 Å². The van der Waals surface area contributed by atoms with E-state index in [4.69, 9.17) is 4.74 Å². The van der Waals surface area contributed by atoms with Crippen molar-refractivity contribution in [2.75, 3.05) is 37.7 Å². The average Bonchev–Trinajstić information content (AvgIpc) is 3.31. The van der Waals surface area contributed by atoms with Crippen molar-refractivity contribution in [3.05, 3.63) is 95.1 Å². The molecule has 35 heavy (non-hydrogen) atoms. The van der Waals surface area contributed by atoms with Crippen LogP contribution in [0.4, 0.5) is 5.69 Å². The Kier molecular flexibility index (Phi) is 6.86. The minimum absolute atomic E-state index is 0.125. The standard InChI is InChI=1S/C27H29N3O4S/c31-27(24-5-3-6-25(18-24)35(32,33)30-14-16-34-17-15-30)28-19-21-8-10-22(11-9-21)20-29-13-12-23-4-1-2-7-26(23)29/h1-11,18H,12-17,19-20H2,(H,28,31). The molecule has 1 N–H and O–H groups in total. The number of morpholine rings is 1. The summed E-state index contributed by atoms with van der Waals surface area (Å²) in [5.41, 5.74) is 5.23. The molecule has 2 aliphatic heterocycles. The van der Waals surface area contributed by atoms with E-state index in [-0.39, 0.29) is 10.8 Å². The molecule has 7 nitrogen and oxygen atoms in total. The lowest BCUT2D eigenvalue weighted by Crippen LogP contribution is -2.40. The molecule has 0 radical (unpaired) electrons. The second kappa shape index (κ2) is 10.2. The van der Waals surface area contributed by atoms with Crippen LogP contribution in [0.2, 0.25) is 0 Å². The van der Waals surface area contributed by atoms with E-state index >= 15 is 0 Å². The number of ether oxygens (including phenoxy) is 1. The topological polar surface area (TPSA) is 79.0 Å². The van der Waals surface area contributed by atoms with Gasteiger partial charge in [-0.3, -0.25) is 4.79 Å². The van der Waals surface area contributed by atoms with Crippen molar-refractivity contribution in [3.8, 4) is 0 Å². The molecular formula is C27H29N3O4S. The maximum absolute atomic E-state index is 12.9. The van der Waals surface area contributed by atoms with E-state index in [0.717, 1.165) is 25.1 Å². The first kappa shape index (κ1) is 23.5.